The van der Waals surface area contributed by atoms with Crippen molar-refractivity contribution in [2.24, 2.45) is 0 Å². The van der Waals surface area contributed by atoms with Gasteiger partial charge < -0.3 is 5.32 Å². The molecule has 3 rings (SSSR count). The number of amides is 1. The summed E-state index contributed by atoms with van der Waals surface area (Å²) in [4.78, 5) is 12.4. The number of anilines is 1. The molecule has 2 aromatic carbocycles. The fourth-order valence-electron chi connectivity index (χ4n) is 2.23. The van der Waals surface area contributed by atoms with Crippen LogP contribution in [0.2, 0.25) is 5.02 Å². The molecule has 110 valence electrons. The maximum atomic E-state index is 12.4. The Morgan fingerprint density at radius 3 is 2.64 bits per heavy atom. The Morgan fingerprint density at radius 2 is 1.91 bits per heavy atom. The van der Waals surface area contributed by atoms with E-state index in [0.717, 1.165) is 11.4 Å². The summed E-state index contributed by atoms with van der Waals surface area (Å²) in [6.07, 6.45) is 1.57. The van der Waals surface area contributed by atoms with Crippen LogP contribution in [0.3, 0.4) is 0 Å². The van der Waals surface area contributed by atoms with Gasteiger partial charge in [0, 0.05) is 10.7 Å². The lowest BCUT2D eigenvalue weighted by Crippen LogP contribution is -2.13. The van der Waals surface area contributed by atoms with E-state index >= 15 is 0 Å². The van der Waals surface area contributed by atoms with Crippen LogP contribution in [0.15, 0.2) is 60.8 Å². The summed E-state index contributed by atoms with van der Waals surface area (Å²) < 4.78 is 1.74. The Bertz CT molecular complexity index is 812. The summed E-state index contributed by atoms with van der Waals surface area (Å²) in [6, 6.07) is 16.7. The highest BCUT2D eigenvalue weighted by molar-refractivity contribution is 6.30. The number of carbonyl (C=O) groups excluding carboxylic acids is 1. The fraction of sp³-hybridized carbons (Fsp3) is 0.0588. The summed E-state index contributed by atoms with van der Waals surface area (Å²) in [5, 5.41) is 7.70. The molecule has 0 aliphatic heterocycles. The summed E-state index contributed by atoms with van der Waals surface area (Å²) >= 11 is 5.92. The molecule has 0 saturated carbocycles. The second kappa shape index (κ2) is 6.03. The number of rotatable bonds is 3. The molecule has 0 aliphatic rings. The van der Waals surface area contributed by atoms with Crippen molar-refractivity contribution in [1.29, 1.82) is 0 Å². The van der Waals surface area contributed by atoms with Gasteiger partial charge in [-0.2, -0.15) is 5.10 Å². The van der Waals surface area contributed by atoms with Crippen molar-refractivity contribution in [2.45, 2.75) is 6.92 Å². The average molecular weight is 312 g/mol. The molecule has 1 amide bonds. The number of carbonyl (C=O) groups is 1. The van der Waals surface area contributed by atoms with Crippen molar-refractivity contribution in [1.82, 2.24) is 9.78 Å². The molecule has 0 unspecified atom stereocenters. The number of nitrogens with zero attached hydrogens (tertiary/aromatic N) is 2. The first-order valence-electron chi connectivity index (χ1n) is 6.82. The number of benzene rings is 2. The molecular formula is C17H14ClN3O. The van der Waals surface area contributed by atoms with Gasteiger partial charge in [-0.15, -0.1) is 0 Å². The largest absolute Gasteiger partial charge is 0.322 e. The first-order chi connectivity index (χ1) is 10.6. The van der Waals surface area contributed by atoms with Gasteiger partial charge in [0.1, 0.15) is 0 Å². The molecule has 0 fully saturated rings. The minimum atomic E-state index is -0.207. The van der Waals surface area contributed by atoms with Crippen LogP contribution in [0.5, 0.6) is 0 Å². The fourth-order valence-corrected chi connectivity index (χ4v) is 2.42. The van der Waals surface area contributed by atoms with Crippen LogP contribution in [0.1, 0.15) is 16.1 Å². The van der Waals surface area contributed by atoms with Gasteiger partial charge in [-0.1, -0.05) is 35.9 Å². The summed E-state index contributed by atoms with van der Waals surface area (Å²) in [5.41, 5.74) is 2.89. The topological polar surface area (TPSA) is 46.9 Å². The third-order valence-electron chi connectivity index (χ3n) is 3.34. The van der Waals surface area contributed by atoms with Gasteiger partial charge in [0.2, 0.25) is 0 Å². The predicted octanol–water partition coefficient (Wildman–Crippen LogP) is 4.09. The zero-order valence-electron chi connectivity index (χ0n) is 12.0. The second-order valence-corrected chi connectivity index (χ2v) is 5.29. The second-order valence-electron chi connectivity index (χ2n) is 4.86. The number of hydrogen-bond acceptors (Lipinski definition) is 2. The Hall–Kier alpha value is -2.59. The van der Waals surface area contributed by atoms with Gasteiger partial charge in [0.15, 0.2) is 0 Å². The van der Waals surface area contributed by atoms with E-state index in [1.807, 2.05) is 37.3 Å². The first-order valence-corrected chi connectivity index (χ1v) is 7.20. The van der Waals surface area contributed by atoms with E-state index in [0.29, 0.717) is 16.3 Å². The van der Waals surface area contributed by atoms with Gasteiger partial charge in [0.25, 0.3) is 5.91 Å². The van der Waals surface area contributed by atoms with Gasteiger partial charge in [-0.05, 0) is 37.3 Å². The number of halogens is 1. The Labute approximate surface area is 133 Å². The standard InChI is InChI=1S/C17H14ClN3O/c1-12-16(11-19-21(12)15-8-3-2-4-9-15)17(22)20-14-7-5-6-13(18)10-14/h2-11H,1H3,(H,20,22). The first kappa shape index (κ1) is 14.4. The summed E-state index contributed by atoms with van der Waals surface area (Å²) in [6.45, 7) is 1.87. The van der Waals surface area contributed by atoms with E-state index in [1.165, 1.54) is 0 Å². The zero-order chi connectivity index (χ0) is 15.5. The van der Waals surface area contributed by atoms with Crippen molar-refractivity contribution < 1.29 is 4.79 Å². The molecule has 0 spiro atoms. The van der Waals surface area contributed by atoms with Crippen LogP contribution >= 0.6 is 11.6 Å². The molecule has 0 aliphatic carbocycles. The molecule has 3 aromatic rings. The number of aromatic nitrogens is 2. The summed E-state index contributed by atoms with van der Waals surface area (Å²) in [5.74, 6) is -0.207. The highest BCUT2D eigenvalue weighted by atomic mass is 35.5. The highest BCUT2D eigenvalue weighted by Crippen LogP contribution is 2.18. The predicted molar refractivity (Wildman–Crippen MR) is 87.7 cm³/mol. The number of nitrogens with one attached hydrogen (secondary N) is 1. The number of para-hydroxylation sites is 1. The van der Waals surface area contributed by atoms with Crippen molar-refractivity contribution in [3.63, 3.8) is 0 Å². The molecule has 0 radical (unpaired) electrons. The van der Waals surface area contributed by atoms with Crippen LogP contribution in [0.4, 0.5) is 5.69 Å². The lowest BCUT2D eigenvalue weighted by atomic mass is 10.2. The van der Waals surface area contributed by atoms with E-state index in [2.05, 4.69) is 10.4 Å². The van der Waals surface area contributed by atoms with Crippen molar-refractivity contribution in [3.8, 4) is 5.69 Å². The van der Waals surface area contributed by atoms with Crippen molar-refractivity contribution >= 4 is 23.2 Å². The molecule has 0 saturated heterocycles. The van der Waals surface area contributed by atoms with E-state index in [1.54, 1.807) is 35.1 Å². The minimum absolute atomic E-state index is 0.207. The highest BCUT2D eigenvalue weighted by Gasteiger charge is 2.15. The van der Waals surface area contributed by atoms with E-state index < -0.39 is 0 Å². The average Bonchev–Trinajstić information content (AvgIpc) is 2.90. The normalized spacial score (nSPS) is 10.5. The van der Waals surface area contributed by atoms with Crippen molar-refractivity contribution in [3.05, 3.63) is 77.1 Å². The maximum absolute atomic E-state index is 12.4. The van der Waals surface area contributed by atoms with Gasteiger partial charge in [-0.3, -0.25) is 4.79 Å². The maximum Gasteiger partial charge on any atom is 0.259 e. The summed E-state index contributed by atoms with van der Waals surface area (Å²) in [7, 11) is 0. The molecule has 1 aromatic heterocycles. The van der Waals surface area contributed by atoms with Crippen LogP contribution in [-0.4, -0.2) is 15.7 Å². The quantitative estimate of drug-likeness (QED) is 0.792. The molecule has 4 nitrogen and oxygen atoms in total. The molecule has 0 atom stereocenters. The molecule has 1 heterocycles. The zero-order valence-corrected chi connectivity index (χ0v) is 12.7. The Morgan fingerprint density at radius 1 is 1.14 bits per heavy atom. The van der Waals surface area contributed by atoms with E-state index in [-0.39, 0.29) is 5.91 Å². The van der Waals surface area contributed by atoms with Gasteiger partial charge >= 0.3 is 0 Å². The third kappa shape index (κ3) is 2.87. The molecule has 1 N–H and O–H groups in total. The Kier molecular flexibility index (Phi) is 3.94. The van der Waals surface area contributed by atoms with Crippen LogP contribution in [0.25, 0.3) is 5.69 Å². The number of hydrogen-bond donors (Lipinski definition) is 1. The molecule has 22 heavy (non-hydrogen) atoms. The minimum Gasteiger partial charge on any atom is -0.322 e. The monoisotopic (exact) mass is 311 g/mol. The van der Waals surface area contributed by atoms with Crippen molar-refractivity contribution in [2.75, 3.05) is 5.32 Å². The van der Waals surface area contributed by atoms with Crippen LogP contribution in [0, 0.1) is 6.92 Å². The van der Waals surface area contributed by atoms with Crippen LogP contribution < -0.4 is 5.32 Å². The smallest absolute Gasteiger partial charge is 0.259 e. The lowest BCUT2D eigenvalue weighted by molar-refractivity contribution is 0.102. The molecule has 0 bridgehead atoms. The van der Waals surface area contributed by atoms with E-state index in [4.69, 9.17) is 11.6 Å². The van der Waals surface area contributed by atoms with Gasteiger partial charge in [0.05, 0.1) is 23.1 Å². The Balaban J connectivity index is 1.87. The lowest BCUT2D eigenvalue weighted by Gasteiger charge is -2.07. The van der Waals surface area contributed by atoms with Gasteiger partial charge in [-0.25, -0.2) is 4.68 Å². The van der Waals surface area contributed by atoms with Crippen LogP contribution in [-0.2, 0) is 0 Å². The molecular weight excluding hydrogens is 298 g/mol. The third-order valence-corrected chi connectivity index (χ3v) is 3.57. The van der Waals surface area contributed by atoms with E-state index in [9.17, 15) is 4.79 Å². The SMILES string of the molecule is Cc1c(C(=O)Nc2cccc(Cl)c2)cnn1-c1ccccc1. The molecule has 5 heteroatoms.